The van der Waals surface area contributed by atoms with Crippen LogP contribution in [0.15, 0.2) is 0 Å². The Morgan fingerprint density at radius 1 is 1.80 bits per heavy atom. The Morgan fingerprint density at radius 3 is 2.00 bits per heavy atom. The van der Waals surface area contributed by atoms with Crippen molar-refractivity contribution in [2.45, 2.75) is 0 Å². The topological polar surface area (TPSA) is 9.23 Å². The summed E-state index contributed by atoms with van der Waals surface area (Å²) in [5.74, 6) is 0.403. The zero-order chi connectivity index (χ0) is 3.41. The smallest absolute Gasteiger partial charge is 0.0328 e. The number of hydrogen-bond acceptors (Lipinski definition) is 2. The predicted molar refractivity (Wildman–Crippen MR) is 19.2 cm³/mol. The summed E-state index contributed by atoms with van der Waals surface area (Å²) in [6.45, 7) is 0. The molecular weight excluding hydrogens is 245 g/mol. The monoisotopic (exact) mass is 251 g/mol. The van der Waals surface area contributed by atoms with E-state index in [2.05, 4.69) is 17.4 Å². The van der Waals surface area contributed by atoms with Gasteiger partial charge in [0.2, 0.25) is 0 Å². The van der Waals surface area contributed by atoms with Gasteiger partial charge in [-0.3, -0.25) is 0 Å². The molecule has 0 N–H and O–H groups in total. The van der Waals surface area contributed by atoms with E-state index in [1.807, 2.05) is 0 Å². The summed E-state index contributed by atoms with van der Waals surface area (Å²) in [4.78, 5) is 0. The van der Waals surface area contributed by atoms with Crippen LogP contribution in [-0.4, -0.2) is 13.0 Å². The van der Waals surface area contributed by atoms with E-state index < -0.39 is 0 Å². The van der Waals surface area contributed by atoms with E-state index in [1.165, 1.54) is 0 Å². The third-order valence-electron chi connectivity index (χ3n) is 0.118. The molecule has 0 saturated carbocycles. The molecule has 5 heavy (non-hydrogen) atoms. The van der Waals surface area contributed by atoms with E-state index in [0.29, 0.717) is 5.94 Å². The zero-order valence-electron chi connectivity index (χ0n) is 2.79. The van der Waals surface area contributed by atoms with Crippen LogP contribution in [0.1, 0.15) is 0 Å². The molecule has 0 aliphatic heterocycles. The second-order valence-electron chi connectivity index (χ2n) is 0.407. The van der Waals surface area contributed by atoms with Gasteiger partial charge in [-0.15, -0.1) is 0 Å². The van der Waals surface area contributed by atoms with Gasteiger partial charge in [0, 0.05) is 54.0 Å². The summed E-state index contributed by atoms with van der Waals surface area (Å²) < 4.78 is 4.36. The molecule has 0 amide bonds. The first-order chi connectivity index (χ1) is 1.91. The Hall–Kier alpha value is 1.83. The van der Waals surface area contributed by atoms with E-state index in [4.69, 9.17) is 0 Å². The Labute approximate surface area is 76.1 Å². The van der Waals surface area contributed by atoms with Crippen LogP contribution >= 0.6 is 0 Å². The molecule has 0 spiro atoms. The third-order valence-corrected chi connectivity index (χ3v) is 0.354. The van der Waals surface area contributed by atoms with E-state index in [-0.39, 0.29) is 46.9 Å². The number of rotatable bonds is 1. The van der Waals surface area contributed by atoms with Gasteiger partial charge < -0.3 is 17.4 Å². The largest absolute Gasteiger partial charge is 0.765 e. The Bertz CT molecular complexity index is 11.6. The maximum atomic E-state index is 4.36. The Morgan fingerprint density at radius 2 is 2.00 bits per heavy atom. The summed E-state index contributed by atoms with van der Waals surface area (Å²) in [6.07, 6.45) is 0. The number of hydrogen-bond donors (Lipinski definition) is 0. The van der Waals surface area contributed by atoms with Gasteiger partial charge in [-0.2, -0.15) is 0 Å². The molecule has 0 atom stereocenters. The van der Waals surface area contributed by atoms with Gasteiger partial charge in [-0.05, 0) is 0 Å². The molecule has 0 aromatic heterocycles. The van der Waals surface area contributed by atoms with Crippen molar-refractivity contribution in [1.29, 1.82) is 0 Å². The van der Waals surface area contributed by atoms with Crippen molar-refractivity contribution in [3.8, 4) is 0 Å². The fourth-order valence-electron chi connectivity index (χ4n) is 0. The molecule has 0 fully saturated rings. The minimum absolute atomic E-state index is 0. The molecule has 0 unspecified atom stereocenters. The van der Waals surface area contributed by atoms with Gasteiger partial charge in [-0.25, -0.2) is 0 Å². The van der Waals surface area contributed by atoms with E-state index in [9.17, 15) is 0 Å². The molecule has 0 bridgehead atoms. The Kier molecular flexibility index (Phi) is 18.5. The summed E-state index contributed by atoms with van der Waals surface area (Å²) >= 11 is 4.33. The first-order valence-corrected chi connectivity index (χ1v) is 1.56. The average molecular weight is 250 g/mol. The molecule has 40 valence electrons. The predicted octanol–water partition coefficient (Wildman–Crippen LogP) is 0.137. The van der Waals surface area contributed by atoms with Gasteiger partial charge in [0.25, 0.3) is 0 Å². The first kappa shape index (κ1) is 9.95. The molecule has 0 aromatic rings. The van der Waals surface area contributed by atoms with Crippen LogP contribution in [0.4, 0.5) is 0 Å². The standard InChI is InChI=1S/C2H6OS.Yb/c1-3-2-4;/h4H,2H2,1H3;/p-1. The first-order valence-electron chi connectivity index (χ1n) is 0.986. The van der Waals surface area contributed by atoms with E-state index in [1.54, 1.807) is 7.11 Å². The van der Waals surface area contributed by atoms with E-state index >= 15 is 0 Å². The SMILES string of the molecule is COC[S-].[Yb]. The van der Waals surface area contributed by atoms with Crippen LogP contribution in [0.3, 0.4) is 0 Å². The number of ether oxygens (including phenoxy) is 1. The van der Waals surface area contributed by atoms with Crippen molar-refractivity contribution in [3.63, 3.8) is 0 Å². The van der Waals surface area contributed by atoms with Crippen molar-refractivity contribution < 1.29 is 51.7 Å². The molecule has 3 heteroatoms. The molecule has 0 saturated heterocycles. The second-order valence-corrected chi connectivity index (χ2v) is 0.642. The molecule has 0 aromatic carbocycles. The van der Waals surface area contributed by atoms with Gasteiger partial charge in [0.15, 0.2) is 0 Å². The maximum Gasteiger partial charge on any atom is 0.0328 e. The summed E-state index contributed by atoms with van der Waals surface area (Å²) in [6, 6.07) is 0. The van der Waals surface area contributed by atoms with Crippen LogP contribution in [0.5, 0.6) is 0 Å². The third kappa shape index (κ3) is 10.7. The normalized spacial score (nSPS) is 6.00. The quantitative estimate of drug-likeness (QED) is 0.612. The summed E-state index contributed by atoms with van der Waals surface area (Å²) in [7, 11) is 1.58. The van der Waals surface area contributed by atoms with Gasteiger partial charge in [-0.1, -0.05) is 5.94 Å². The van der Waals surface area contributed by atoms with Crippen molar-refractivity contribution >= 4 is 12.6 Å². The van der Waals surface area contributed by atoms with Crippen LogP contribution < -0.4 is 0 Å². The summed E-state index contributed by atoms with van der Waals surface area (Å²) in [5, 5.41) is 0. The minimum Gasteiger partial charge on any atom is -0.765 e. The van der Waals surface area contributed by atoms with Crippen LogP contribution in [-0.2, 0) is 17.4 Å². The Balaban J connectivity index is 0. The molecule has 0 aliphatic rings. The zero-order valence-corrected chi connectivity index (χ0v) is 5.32. The van der Waals surface area contributed by atoms with Gasteiger partial charge in [0.05, 0.1) is 0 Å². The van der Waals surface area contributed by atoms with Crippen molar-refractivity contribution in [1.82, 2.24) is 0 Å². The van der Waals surface area contributed by atoms with Crippen molar-refractivity contribution in [2.24, 2.45) is 0 Å². The minimum atomic E-state index is 0. The second kappa shape index (κ2) is 9.27. The molecule has 0 heterocycles. The molecule has 0 rings (SSSR count). The fourth-order valence-corrected chi connectivity index (χ4v) is 0. The molecular formula is C2H5OSYb-. The van der Waals surface area contributed by atoms with Crippen LogP contribution in [0.2, 0.25) is 0 Å². The van der Waals surface area contributed by atoms with E-state index in [0.717, 1.165) is 0 Å². The van der Waals surface area contributed by atoms with Gasteiger partial charge >= 0.3 is 0 Å². The van der Waals surface area contributed by atoms with Crippen molar-refractivity contribution in [2.75, 3.05) is 13.0 Å². The van der Waals surface area contributed by atoms with Crippen molar-refractivity contribution in [3.05, 3.63) is 0 Å². The average Bonchev–Trinajstić information content (AvgIpc) is 1.37. The van der Waals surface area contributed by atoms with Crippen LogP contribution in [0, 0.1) is 46.9 Å². The molecule has 0 aliphatic carbocycles. The summed E-state index contributed by atoms with van der Waals surface area (Å²) in [5.41, 5.74) is 0. The molecule has 1 nitrogen and oxygen atoms in total. The van der Waals surface area contributed by atoms with Crippen LogP contribution in [0.25, 0.3) is 0 Å². The maximum absolute atomic E-state index is 4.36. The fraction of sp³-hybridized carbons (Fsp3) is 1.00. The number of methoxy groups -OCH3 is 1. The van der Waals surface area contributed by atoms with Gasteiger partial charge in [0.1, 0.15) is 0 Å². The molecule has 0 radical (unpaired) electrons.